The average molecular weight is 257 g/mol. The lowest BCUT2D eigenvalue weighted by molar-refractivity contribution is -0.117. The van der Waals surface area contributed by atoms with Gasteiger partial charge in [0, 0.05) is 24.1 Å². The van der Waals surface area contributed by atoms with Crippen molar-refractivity contribution >= 4 is 11.6 Å². The molecule has 0 radical (unpaired) electrons. The van der Waals surface area contributed by atoms with Crippen molar-refractivity contribution in [2.75, 3.05) is 5.32 Å². The van der Waals surface area contributed by atoms with Crippen LogP contribution in [0.2, 0.25) is 0 Å². The maximum Gasteiger partial charge on any atom is 0.221 e. The number of nitrogens with two attached hydrogens (primary N) is 1. The number of benzene rings is 1. The number of nitrogens with zero attached hydrogens (tertiary/aromatic N) is 1. The molecular weight excluding hydrogens is 238 g/mol. The fourth-order valence-corrected chi connectivity index (χ4v) is 2.05. The van der Waals surface area contributed by atoms with Gasteiger partial charge in [-0.2, -0.15) is 0 Å². The van der Waals surface area contributed by atoms with E-state index in [-0.39, 0.29) is 5.91 Å². The smallest absolute Gasteiger partial charge is 0.221 e. The third-order valence-electron chi connectivity index (χ3n) is 3.07. The van der Waals surface area contributed by atoms with Gasteiger partial charge < -0.3 is 15.6 Å². The number of hydrogen-bond acceptors (Lipinski definition) is 2. The third kappa shape index (κ3) is 3.61. The van der Waals surface area contributed by atoms with Crippen LogP contribution in [0.4, 0.5) is 5.69 Å². The summed E-state index contributed by atoms with van der Waals surface area (Å²) < 4.78 is 2.20. The van der Waals surface area contributed by atoms with E-state index in [1.165, 1.54) is 5.69 Å². The van der Waals surface area contributed by atoms with E-state index in [0.29, 0.717) is 6.42 Å². The summed E-state index contributed by atoms with van der Waals surface area (Å²) in [5.41, 5.74) is 8.39. The average Bonchev–Trinajstić information content (AvgIpc) is 2.84. The molecule has 1 amide bonds. The molecule has 0 saturated carbocycles. The monoisotopic (exact) mass is 257 g/mol. The summed E-state index contributed by atoms with van der Waals surface area (Å²) in [7, 11) is 0. The summed E-state index contributed by atoms with van der Waals surface area (Å²) in [5, 5.41) is 3.37. The topological polar surface area (TPSA) is 60.1 Å². The summed E-state index contributed by atoms with van der Waals surface area (Å²) in [6.45, 7) is 3.89. The molecule has 0 atom stereocenters. The molecule has 0 aliphatic carbocycles. The normalized spacial score (nSPS) is 10.4. The van der Waals surface area contributed by atoms with Gasteiger partial charge in [0.2, 0.25) is 5.91 Å². The van der Waals surface area contributed by atoms with Gasteiger partial charge in [-0.25, -0.2) is 0 Å². The molecule has 19 heavy (non-hydrogen) atoms. The number of amides is 1. The zero-order chi connectivity index (χ0) is 13.7. The minimum absolute atomic E-state index is 0.291. The van der Waals surface area contributed by atoms with E-state index in [2.05, 4.69) is 35.1 Å². The molecule has 0 unspecified atom stereocenters. The summed E-state index contributed by atoms with van der Waals surface area (Å²) in [6, 6.07) is 11.9. The third-order valence-corrected chi connectivity index (χ3v) is 3.07. The number of aryl methyl sites for hydroxylation is 1. The molecule has 3 N–H and O–H groups in total. The van der Waals surface area contributed by atoms with E-state index >= 15 is 0 Å². The SMILES string of the molecule is CCn1cccc1CNc1ccc(CC(N)=O)cc1. The van der Waals surface area contributed by atoms with Gasteiger partial charge in [0.15, 0.2) is 0 Å². The van der Waals surface area contributed by atoms with Crippen LogP contribution in [0, 0.1) is 0 Å². The number of anilines is 1. The Morgan fingerprint density at radius 3 is 2.63 bits per heavy atom. The van der Waals surface area contributed by atoms with Crippen LogP contribution >= 0.6 is 0 Å². The first kappa shape index (κ1) is 13.2. The number of nitrogens with one attached hydrogen (secondary N) is 1. The van der Waals surface area contributed by atoms with E-state index in [0.717, 1.165) is 24.3 Å². The highest BCUT2D eigenvalue weighted by Crippen LogP contribution is 2.12. The molecule has 4 nitrogen and oxygen atoms in total. The first-order chi connectivity index (χ1) is 9.19. The molecule has 0 saturated heterocycles. The fourth-order valence-electron chi connectivity index (χ4n) is 2.05. The minimum atomic E-state index is -0.304. The molecule has 0 aliphatic rings. The van der Waals surface area contributed by atoms with E-state index in [1.807, 2.05) is 24.3 Å². The zero-order valence-electron chi connectivity index (χ0n) is 11.1. The quantitative estimate of drug-likeness (QED) is 0.833. The molecular formula is C15H19N3O. The van der Waals surface area contributed by atoms with Crippen molar-refractivity contribution in [3.05, 3.63) is 53.9 Å². The van der Waals surface area contributed by atoms with Crippen LogP contribution < -0.4 is 11.1 Å². The summed E-state index contributed by atoms with van der Waals surface area (Å²) >= 11 is 0. The van der Waals surface area contributed by atoms with Crippen molar-refractivity contribution in [1.29, 1.82) is 0 Å². The lowest BCUT2D eigenvalue weighted by atomic mass is 10.1. The van der Waals surface area contributed by atoms with Crippen LogP contribution in [0.1, 0.15) is 18.2 Å². The van der Waals surface area contributed by atoms with Gasteiger partial charge in [0.1, 0.15) is 0 Å². The number of carbonyl (C=O) groups is 1. The zero-order valence-corrected chi connectivity index (χ0v) is 11.1. The van der Waals surface area contributed by atoms with Gasteiger partial charge in [0.05, 0.1) is 13.0 Å². The van der Waals surface area contributed by atoms with Crippen molar-refractivity contribution < 1.29 is 4.79 Å². The highest BCUT2D eigenvalue weighted by atomic mass is 16.1. The van der Waals surface area contributed by atoms with Gasteiger partial charge in [-0.05, 0) is 36.8 Å². The van der Waals surface area contributed by atoms with Gasteiger partial charge in [-0.3, -0.25) is 4.79 Å². The molecule has 0 bridgehead atoms. The second-order valence-electron chi connectivity index (χ2n) is 4.48. The van der Waals surface area contributed by atoms with Gasteiger partial charge in [-0.15, -0.1) is 0 Å². The maximum atomic E-state index is 10.8. The molecule has 0 spiro atoms. The fraction of sp³-hybridized carbons (Fsp3) is 0.267. The molecule has 1 heterocycles. The van der Waals surface area contributed by atoms with Crippen LogP contribution in [-0.4, -0.2) is 10.5 Å². The van der Waals surface area contributed by atoms with E-state index in [4.69, 9.17) is 5.73 Å². The predicted octanol–water partition coefficient (Wildman–Crippen LogP) is 2.15. The van der Waals surface area contributed by atoms with Gasteiger partial charge >= 0.3 is 0 Å². The van der Waals surface area contributed by atoms with Gasteiger partial charge in [0.25, 0.3) is 0 Å². The Labute approximate surface area is 113 Å². The Morgan fingerprint density at radius 1 is 1.26 bits per heavy atom. The predicted molar refractivity (Wildman–Crippen MR) is 76.8 cm³/mol. The minimum Gasteiger partial charge on any atom is -0.379 e. The van der Waals surface area contributed by atoms with Crippen molar-refractivity contribution in [2.24, 2.45) is 5.73 Å². The van der Waals surface area contributed by atoms with Crippen molar-refractivity contribution in [3.63, 3.8) is 0 Å². The second-order valence-corrected chi connectivity index (χ2v) is 4.48. The van der Waals surface area contributed by atoms with E-state index < -0.39 is 0 Å². The Bertz CT molecular complexity index is 543. The van der Waals surface area contributed by atoms with E-state index in [9.17, 15) is 4.79 Å². The molecule has 1 aromatic carbocycles. The molecule has 0 fully saturated rings. The molecule has 2 aromatic rings. The Balaban J connectivity index is 1.94. The summed E-state index contributed by atoms with van der Waals surface area (Å²) in [6.07, 6.45) is 2.37. The van der Waals surface area contributed by atoms with Crippen LogP contribution in [0.5, 0.6) is 0 Å². The second kappa shape index (κ2) is 6.09. The molecule has 0 aliphatic heterocycles. The summed E-state index contributed by atoms with van der Waals surface area (Å²) in [4.78, 5) is 10.8. The van der Waals surface area contributed by atoms with Crippen LogP contribution in [0.15, 0.2) is 42.6 Å². The van der Waals surface area contributed by atoms with E-state index in [1.54, 1.807) is 0 Å². The first-order valence-corrected chi connectivity index (χ1v) is 6.44. The highest BCUT2D eigenvalue weighted by molar-refractivity contribution is 5.76. The van der Waals surface area contributed by atoms with Crippen LogP contribution in [0.3, 0.4) is 0 Å². The standard InChI is InChI=1S/C15H19N3O/c1-2-18-9-3-4-14(18)11-17-13-7-5-12(6-8-13)10-15(16)19/h3-9,17H,2,10-11H2,1H3,(H2,16,19). The number of primary amides is 1. The van der Waals surface area contributed by atoms with Crippen molar-refractivity contribution in [3.8, 4) is 0 Å². The largest absolute Gasteiger partial charge is 0.379 e. The lowest BCUT2D eigenvalue weighted by Gasteiger charge is -2.09. The highest BCUT2D eigenvalue weighted by Gasteiger charge is 2.01. The molecule has 100 valence electrons. The summed E-state index contributed by atoms with van der Waals surface area (Å²) in [5.74, 6) is -0.304. The maximum absolute atomic E-state index is 10.8. The van der Waals surface area contributed by atoms with Crippen molar-refractivity contribution in [2.45, 2.75) is 26.4 Å². The lowest BCUT2D eigenvalue weighted by Crippen LogP contribution is -2.13. The Morgan fingerprint density at radius 2 is 2.00 bits per heavy atom. The number of carbonyl (C=O) groups excluding carboxylic acids is 1. The van der Waals surface area contributed by atoms with Crippen molar-refractivity contribution in [1.82, 2.24) is 4.57 Å². The van der Waals surface area contributed by atoms with Crippen LogP contribution in [0.25, 0.3) is 0 Å². The Hall–Kier alpha value is -2.23. The Kier molecular flexibility index (Phi) is 4.23. The number of rotatable bonds is 6. The van der Waals surface area contributed by atoms with Gasteiger partial charge in [-0.1, -0.05) is 12.1 Å². The number of hydrogen-bond donors (Lipinski definition) is 2. The van der Waals surface area contributed by atoms with Crippen LogP contribution in [-0.2, 0) is 24.3 Å². The molecule has 4 heteroatoms. The molecule has 1 aromatic heterocycles. The molecule has 2 rings (SSSR count). The number of aromatic nitrogens is 1. The first-order valence-electron chi connectivity index (χ1n) is 6.44.